The minimum absolute atomic E-state index is 0.0565. The number of carboxylic acid groups (broad SMARTS) is 1. The molecule has 10 heteroatoms. The highest BCUT2D eigenvalue weighted by atomic mass is 19.1. The largest absolute Gasteiger partial charge is 0.480 e. The second-order valence-corrected chi connectivity index (χ2v) is 8.71. The summed E-state index contributed by atoms with van der Waals surface area (Å²) < 4.78 is 13.8. The predicted molar refractivity (Wildman–Crippen MR) is 133 cm³/mol. The summed E-state index contributed by atoms with van der Waals surface area (Å²) in [5.74, 6) is -1.40. The first-order chi connectivity index (χ1) is 16.7. The van der Waals surface area contributed by atoms with Crippen LogP contribution in [0.1, 0.15) is 39.8 Å². The number of aryl methyl sites for hydroxylation is 1. The van der Waals surface area contributed by atoms with Gasteiger partial charge < -0.3 is 20.7 Å². The highest BCUT2D eigenvalue weighted by molar-refractivity contribution is 5.98. The van der Waals surface area contributed by atoms with Crippen LogP contribution in [0, 0.1) is 19.7 Å². The number of allylic oxidation sites excluding steroid dienone is 1. The molecular formula is C25H32FN5O4. The lowest BCUT2D eigenvalue weighted by Crippen LogP contribution is -2.49. The number of piperazine rings is 1. The van der Waals surface area contributed by atoms with Crippen molar-refractivity contribution < 1.29 is 23.9 Å². The van der Waals surface area contributed by atoms with Crippen molar-refractivity contribution in [3.63, 3.8) is 0 Å². The van der Waals surface area contributed by atoms with Crippen molar-refractivity contribution in [3.05, 3.63) is 52.1 Å². The smallest absolute Gasteiger partial charge is 0.317 e. The predicted octanol–water partition coefficient (Wildman–Crippen LogP) is 2.33. The monoisotopic (exact) mass is 485 g/mol. The molecule has 9 nitrogen and oxygen atoms in total. The van der Waals surface area contributed by atoms with E-state index in [2.05, 4.69) is 20.5 Å². The molecule has 0 aliphatic carbocycles. The Kier molecular flexibility index (Phi) is 8.78. The van der Waals surface area contributed by atoms with Crippen molar-refractivity contribution in [2.75, 3.05) is 51.1 Å². The van der Waals surface area contributed by atoms with E-state index in [4.69, 9.17) is 5.11 Å². The fraction of sp³-hybridized carbons (Fsp3) is 0.400. The van der Waals surface area contributed by atoms with Gasteiger partial charge in [0.15, 0.2) is 0 Å². The Balaban J connectivity index is 1.63. The van der Waals surface area contributed by atoms with Gasteiger partial charge in [-0.05, 0) is 56.2 Å². The second kappa shape index (κ2) is 11.8. The maximum Gasteiger partial charge on any atom is 0.317 e. The summed E-state index contributed by atoms with van der Waals surface area (Å²) >= 11 is 0. The van der Waals surface area contributed by atoms with E-state index < -0.39 is 11.8 Å². The number of benzene rings is 1. The van der Waals surface area contributed by atoms with Crippen molar-refractivity contribution in [1.82, 2.24) is 20.1 Å². The number of carbonyl (C=O) groups is 3. The average molecular weight is 486 g/mol. The number of nitrogens with one attached hydrogen (secondary N) is 3. The Morgan fingerprint density at radius 3 is 2.51 bits per heavy atom. The topological polar surface area (TPSA) is 118 Å². The van der Waals surface area contributed by atoms with E-state index in [1.165, 1.54) is 18.2 Å². The van der Waals surface area contributed by atoms with Crippen LogP contribution < -0.4 is 10.6 Å². The van der Waals surface area contributed by atoms with Gasteiger partial charge in [0.2, 0.25) is 6.41 Å². The summed E-state index contributed by atoms with van der Waals surface area (Å²) in [6.07, 6.45) is 2.38. The number of H-pyrrole nitrogens is 1. The third-order valence-electron chi connectivity index (χ3n) is 6.22. The van der Waals surface area contributed by atoms with E-state index in [1.54, 1.807) is 0 Å². The van der Waals surface area contributed by atoms with Gasteiger partial charge in [-0.2, -0.15) is 0 Å². The van der Waals surface area contributed by atoms with Crippen LogP contribution in [-0.2, 0) is 9.59 Å². The Morgan fingerprint density at radius 1 is 1.17 bits per heavy atom. The highest BCUT2D eigenvalue weighted by Gasteiger charge is 2.20. The molecule has 1 aliphatic rings. The number of aromatic nitrogens is 1. The number of halogens is 1. The molecule has 1 aliphatic heterocycles. The molecule has 4 N–H and O–H groups in total. The van der Waals surface area contributed by atoms with Crippen molar-refractivity contribution in [1.29, 1.82) is 0 Å². The van der Waals surface area contributed by atoms with Crippen molar-refractivity contribution in [2.24, 2.45) is 0 Å². The average Bonchev–Trinajstić information content (AvgIpc) is 3.08. The lowest BCUT2D eigenvalue weighted by molar-refractivity contribution is -0.138. The Morgan fingerprint density at radius 2 is 1.86 bits per heavy atom. The number of hydrogen-bond acceptors (Lipinski definition) is 5. The lowest BCUT2D eigenvalue weighted by Gasteiger charge is -2.33. The minimum Gasteiger partial charge on any atom is -0.480 e. The van der Waals surface area contributed by atoms with Gasteiger partial charge in [-0.3, -0.25) is 24.2 Å². The first kappa shape index (κ1) is 26.1. The van der Waals surface area contributed by atoms with E-state index >= 15 is 0 Å². The number of hydrogen-bond donors (Lipinski definition) is 4. The summed E-state index contributed by atoms with van der Waals surface area (Å²) in [6.45, 7) is 9.65. The minimum atomic E-state index is -0.818. The Bertz CT molecular complexity index is 1120. The molecule has 0 unspecified atom stereocenters. The van der Waals surface area contributed by atoms with E-state index in [9.17, 15) is 18.8 Å². The third kappa shape index (κ3) is 6.77. The molecule has 1 aromatic carbocycles. The van der Waals surface area contributed by atoms with E-state index in [1.807, 2.05) is 31.7 Å². The zero-order valence-electron chi connectivity index (χ0n) is 20.3. The SMILES string of the molecule is C/C(=C\c1[nH]c(C)c(C(=O)NCCN2CCN(CC(=O)O)CC2)c1C)c1cc(F)ccc1NC=O. The summed E-state index contributed by atoms with van der Waals surface area (Å²) in [4.78, 5) is 42.0. The molecule has 188 valence electrons. The van der Waals surface area contributed by atoms with E-state index in [0.29, 0.717) is 49.4 Å². The van der Waals surface area contributed by atoms with E-state index in [0.717, 1.165) is 35.6 Å². The number of aromatic amines is 1. The number of carbonyl (C=O) groups excluding carboxylic acids is 2. The molecule has 2 heterocycles. The quantitative estimate of drug-likeness (QED) is 0.384. The van der Waals surface area contributed by atoms with Crippen LogP contribution in [0.15, 0.2) is 18.2 Å². The maximum atomic E-state index is 13.8. The molecule has 1 aromatic heterocycles. The van der Waals surface area contributed by atoms with Crippen LogP contribution in [0.3, 0.4) is 0 Å². The van der Waals surface area contributed by atoms with Gasteiger partial charge >= 0.3 is 5.97 Å². The summed E-state index contributed by atoms with van der Waals surface area (Å²) in [6, 6.07) is 4.15. The van der Waals surface area contributed by atoms with Crippen LogP contribution in [0.2, 0.25) is 0 Å². The van der Waals surface area contributed by atoms with Crippen LogP contribution >= 0.6 is 0 Å². The van der Waals surface area contributed by atoms with E-state index in [-0.39, 0.29) is 12.5 Å². The van der Waals surface area contributed by atoms with Crippen LogP contribution in [0.5, 0.6) is 0 Å². The molecule has 2 aromatic rings. The number of aliphatic carboxylic acids is 1. The number of rotatable bonds is 10. The highest BCUT2D eigenvalue weighted by Crippen LogP contribution is 2.28. The molecule has 35 heavy (non-hydrogen) atoms. The summed E-state index contributed by atoms with van der Waals surface area (Å²) in [5, 5.41) is 14.5. The lowest BCUT2D eigenvalue weighted by atomic mass is 10.0. The maximum absolute atomic E-state index is 13.8. The number of amides is 2. The fourth-order valence-corrected chi connectivity index (χ4v) is 4.36. The standard InChI is InChI=1S/C25H32FN5O4/c1-16(20-13-19(26)4-5-21(20)28-15-32)12-22-17(2)24(18(3)29-22)25(35)27-6-7-30-8-10-31(11-9-30)14-23(33)34/h4-5,12-13,15,29H,6-11,14H2,1-3H3,(H,27,35)(H,28,32)(H,33,34)/b16-12+. The van der Waals surface area contributed by atoms with Crippen molar-refractivity contribution in [2.45, 2.75) is 20.8 Å². The van der Waals surface area contributed by atoms with Gasteiger partial charge in [-0.25, -0.2) is 4.39 Å². The molecule has 0 saturated carbocycles. The second-order valence-electron chi connectivity index (χ2n) is 8.71. The van der Waals surface area contributed by atoms with Gasteiger partial charge in [0.25, 0.3) is 5.91 Å². The van der Waals surface area contributed by atoms with Crippen molar-refractivity contribution in [3.8, 4) is 0 Å². The molecule has 0 spiro atoms. The number of anilines is 1. The molecule has 3 rings (SSSR count). The van der Waals surface area contributed by atoms with Crippen LogP contribution in [-0.4, -0.2) is 84.0 Å². The van der Waals surface area contributed by atoms with Gasteiger partial charge in [-0.1, -0.05) is 0 Å². The van der Waals surface area contributed by atoms with Gasteiger partial charge in [0.05, 0.1) is 12.1 Å². The summed E-state index contributed by atoms with van der Waals surface area (Å²) in [5.41, 5.74) is 4.60. The molecule has 2 amide bonds. The normalized spacial score (nSPS) is 15.1. The fourth-order valence-electron chi connectivity index (χ4n) is 4.36. The first-order valence-electron chi connectivity index (χ1n) is 11.5. The van der Waals surface area contributed by atoms with Crippen molar-refractivity contribution >= 4 is 35.6 Å². The van der Waals surface area contributed by atoms with Crippen LogP contribution in [0.25, 0.3) is 11.6 Å². The Labute approximate surface area is 204 Å². The van der Waals surface area contributed by atoms with Gasteiger partial charge in [-0.15, -0.1) is 0 Å². The molecule has 0 bridgehead atoms. The van der Waals surface area contributed by atoms with Crippen LogP contribution in [0.4, 0.5) is 10.1 Å². The molecular weight excluding hydrogens is 453 g/mol. The molecule has 1 saturated heterocycles. The van der Waals surface area contributed by atoms with Gasteiger partial charge in [0, 0.05) is 61.9 Å². The molecule has 0 atom stereocenters. The molecule has 0 radical (unpaired) electrons. The number of carboxylic acids is 1. The third-order valence-corrected chi connectivity index (χ3v) is 6.22. The van der Waals surface area contributed by atoms with Gasteiger partial charge in [0.1, 0.15) is 5.82 Å². The zero-order valence-corrected chi connectivity index (χ0v) is 20.3. The zero-order chi connectivity index (χ0) is 25.5. The number of nitrogens with zero attached hydrogens (tertiary/aromatic N) is 2. The Hall–Kier alpha value is -3.50. The first-order valence-corrected chi connectivity index (χ1v) is 11.5. The molecule has 1 fully saturated rings. The summed E-state index contributed by atoms with van der Waals surface area (Å²) in [7, 11) is 0.